The minimum atomic E-state index is 0.568. The lowest BCUT2D eigenvalue weighted by atomic mass is 9.96. The van der Waals surface area contributed by atoms with Crippen LogP contribution in [0.1, 0.15) is 44.1 Å². The molecule has 3 aromatic rings. The van der Waals surface area contributed by atoms with Crippen molar-refractivity contribution < 1.29 is 4.74 Å². The first-order valence-corrected chi connectivity index (χ1v) is 11.4. The summed E-state index contributed by atoms with van der Waals surface area (Å²) in [5, 5.41) is 7.99. The molecule has 150 valence electrons. The van der Waals surface area contributed by atoms with Gasteiger partial charge >= 0.3 is 0 Å². The molecule has 5 nitrogen and oxygen atoms in total. The smallest absolute Gasteiger partial charge is 0.184 e. The van der Waals surface area contributed by atoms with Gasteiger partial charge in [0.1, 0.15) is 11.5 Å². The van der Waals surface area contributed by atoms with E-state index in [1.807, 2.05) is 18.3 Å². The summed E-state index contributed by atoms with van der Waals surface area (Å²) in [5.74, 6) is 1.59. The number of nitrogens with one attached hydrogen (secondary N) is 2. The molecule has 2 aliphatic rings. The summed E-state index contributed by atoms with van der Waals surface area (Å²) in [6.07, 6.45) is 13.5. The molecular weight excluding hydrogens is 380 g/mol. The second kappa shape index (κ2) is 8.51. The average Bonchev–Trinajstić information content (AvgIpc) is 3.17. The number of ether oxygens (including phenoxy) is 1. The number of hydrogen-bond acceptors (Lipinski definition) is 6. The van der Waals surface area contributed by atoms with Gasteiger partial charge in [-0.2, -0.15) is 0 Å². The first-order valence-electron chi connectivity index (χ1n) is 10.5. The Bertz CT molecular complexity index is 1020. The number of aromatic nitrogens is 2. The molecule has 1 saturated carbocycles. The number of thiazole rings is 1. The Kier molecular flexibility index (Phi) is 5.45. The van der Waals surface area contributed by atoms with Gasteiger partial charge in [-0.15, -0.1) is 0 Å². The Morgan fingerprint density at radius 2 is 2.00 bits per heavy atom. The summed E-state index contributed by atoms with van der Waals surface area (Å²) in [6, 6.07) is 8.76. The molecule has 0 unspecified atom stereocenters. The highest BCUT2D eigenvalue weighted by molar-refractivity contribution is 7.22. The van der Waals surface area contributed by atoms with E-state index in [0.29, 0.717) is 6.04 Å². The minimum absolute atomic E-state index is 0.568. The Hall–Kier alpha value is -2.44. The van der Waals surface area contributed by atoms with Gasteiger partial charge in [0.15, 0.2) is 5.13 Å². The monoisotopic (exact) mass is 406 g/mol. The van der Waals surface area contributed by atoms with Crippen molar-refractivity contribution in [3.05, 3.63) is 48.3 Å². The molecule has 6 heteroatoms. The van der Waals surface area contributed by atoms with Crippen LogP contribution in [0.15, 0.2) is 42.7 Å². The van der Waals surface area contributed by atoms with Gasteiger partial charge in [-0.25, -0.2) is 4.98 Å². The highest BCUT2D eigenvalue weighted by atomic mass is 32.1. The summed E-state index contributed by atoms with van der Waals surface area (Å²) < 4.78 is 7.27. The number of anilines is 1. The molecule has 0 saturated heterocycles. The Morgan fingerprint density at radius 3 is 2.86 bits per heavy atom. The predicted octanol–water partition coefficient (Wildman–Crippen LogP) is 5.60. The molecule has 1 aromatic carbocycles. The quantitative estimate of drug-likeness (QED) is 0.577. The molecule has 29 heavy (non-hydrogen) atoms. The van der Waals surface area contributed by atoms with E-state index in [4.69, 9.17) is 9.72 Å². The van der Waals surface area contributed by atoms with Crippen LogP contribution in [0.5, 0.6) is 11.5 Å². The van der Waals surface area contributed by atoms with Gasteiger partial charge < -0.3 is 15.4 Å². The summed E-state index contributed by atoms with van der Waals surface area (Å²) in [5.41, 5.74) is 3.49. The lowest BCUT2D eigenvalue weighted by Gasteiger charge is -2.22. The van der Waals surface area contributed by atoms with Gasteiger partial charge in [0.05, 0.1) is 16.4 Å². The van der Waals surface area contributed by atoms with Crippen molar-refractivity contribution in [2.24, 2.45) is 0 Å². The standard InChI is InChI=1S/C23H26N4OS/c1-2-4-18(5-3-1)26-23-27-21-7-6-19(13-22(21)29-23)28-20-12-17(14-25-15-20)16-8-10-24-11-9-16/h6-8,12-15,18,24H,1-5,9-11H2,(H,26,27). The van der Waals surface area contributed by atoms with Gasteiger partial charge in [-0.05, 0) is 55.1 Å². The van der Waals surface area contributed by atoms with E-state index in [9.17, 15) is 0 Å². The minimum Gasteiger partial charge on any atom is -0.456 e. The maximum Gasteiger partial charge on any atom is 0.184 e. The fourth-order valence-electron chi connectivity index (χ4n) is 4.12. The Labute approximate surface area is 175 Å². The van der Waals surface area contributed by atoms with Crippen molar-refractivity contribution in [3.8, 4) is 11.5 Å². The zero-order valence-corrected chi connectivity index (χ0v) is 17.3. The molecule has 1 aliphatic carbocycles. The third-order valence-corrected chi connectivity index (χ3v) is 6.63. The molecule has 5 rings (SSSR count). The first-order chi connectivity index (χ1) is 14.3. The normalized spacial score (nSPS) is 17.9. The van der Waals surface area contributed by atoms with Crippen molar-refractivity contribution in [2.75, 3.05) is 18.4 Å². The van der Waals surface area contributed by atoms with Gasteiger partial charge in [-0.3, -0.25) is 4.98 Å². The average molecular weight is 407 g/mol. The molecule has 0 amide bonds. The second-order valence-corrected chi connectivity index (χ2v) is 8.85. The van der Waals surface area contributed by atoms with Crippen molar-refractivity contribution >= 4 is 32.3 Å². The first kappa shape index (κ1) is 18.6. The topological polar surface area (TPSA) is 59.1 Å². The van der Waals surface area contributed by atoms with Crippen molar-refractivity contribution in [1.29, 1.82) is 0 Å². The number of nitrogens with zero attached hydrogens (tertiary/aromatic N) is 2. The molecule has 2 N–H and O–H groups in total. The van der Waals surface area contributed by atoms with Crippen LogP contribution in [0.4, 0.5) is 5.13 Å². The van der Waals surface area contributed by atoms with E-state index >= 15 is 0 Å². The molecular formula is C23H26N4OS. The van der Waals surface area contributed by atoms with E-state index in [0.717, 1.165) is 51.9 Å². The Morgan fingerprint density at radius 1 is 1.07 bits per heavy atom. The van der Waals surface area contributed by atoms with Gasteiger partial charge in [0.2, 0.25) is 0 Å². The van der Waals surface area contributed by atoms with E-state index < -0.39 is 0 Å². The lowest BCUT2D eigenvalue weighted by Crippen LogP contribution is -2.21. The number of fused-ring (bicyclic) bond motifs is 1. The van der Waals surface area contributed by atoms with Gasteiger partial charge in [-0.1, -0.05) is 36.7 Å². The van der Waals surface area contributed by atoms with Crippen LogP contribution < -0.4 is 15.4 Å². The number of hydrogen-bond donors (Lipinski definition) is 2. The van der Waals surface area contributed by atoms with Crippen molar-refractivity contribution in [2.45, 2.75) is 44.6 Å². The summed E-state index contributed by atoms with van der Waals surface area (Å²) in [6.45, 7) is 1.93. The second-order valence-electron chi connectivity index (χ2n) is 7.82. The molecule has 2 aromatic heterocycles. The lowest BCUT2D eigenvalue weighted by molar-refractivity contribution is 0.462. The maximum atomic E-state index is 6.13. The third kappa shape index (κ3) is 4.43. The van der Waals surface area contributed by atoms with Crippen LogP contribution in [0.25, 0.3) is 15.8 Å². The SMILES string of the molecule is C1=C(c2cncc(Oc3ccc4nc(NC5CCCCC5)sc4c3)c2)CCNC1. The molecule has 0 spiro atoms. The molecule has 0 radical (unpaired) electrons. The number of benzene rings is 1. The van der Waals surface area contributed by atoms with Gasteiger partial charge in [0.25, 0.3) is 0 Å². The molecule has 1 fully saturated rings. The number of pyridine rings is 1. The molecule has 1 aliphatic heterocycles. The van der Waals surface area contributed by atoms with E-state index in [1.54, 1.807) is 17.5 Å². The van der Waals surface area contributed by atoms with E-state index in [2.05, 4.69) is 33.8 Å². The summed E-state index contributed by atoms with van der Waals surface area (Å²) in [7, 11) is 0. The van der Waals surface area contributed by atoms with Crippen molar-refractivity contribution in [3.63, 3.8) is 0 Å². The zero-order chi connectivity index (χ0) is 19.5. The van der Waals surface area contributed by atoms with Crippen LogP contribution in [-0.2, 0) is 0 Å². The van der Waals surface area contributed by atoms with E-state index in [1.165, 1.54) is 37.7 Å². The van der Waals surface area contributed by atoms with Crippen LogP contribution >= 0.6 is 11.3 Å². The zero-order valence-electron chi connectivity index (χ0n) is 16.5. The number of rotatable bonds is 5. The van der Waals surface area contributed by atoms with E-state index in [-0.39, 0.29) is 0 Å². The highest BCUT2D eigenvalue weighted by Crippen LogP contribution is 2.33. The van der Waals surface area contributed by atoms with Gasteiger partial charge in [0, 0.05) is 24.8 Å². The molecule has 3 heterocycles. The highest BCUT2D eigenvalue weighted by Gasteiger charge is 2.15. The predicted molar refractivity (Wildman–Crippen MR) is 120 cm³/mol. The summed E-state index contributed by atoms with van der Waals surface area (Å²) >= 11 is 1.71. The Balaban J connectivity index is 1.32. The van der Waals surface area contributed by atoms with Crippen LogP contribution in [0.2, 0.25) is 0 Å². The fraction of sp³-hybridized carbons (Fsp3) is 0.391. The molecule has 0 atom stereocenters. The maximum absolute atomic E-state index is 6.13. The third-order valence-electron chi connectivity index (χ3n) is 5.68. The van der Waals surface area contributed by atoms with Crippen molar-refractivity contribution in [1.82, 2.24) is 15.3 Å². The fourth-order valence-corrected chi connectivity index (χ4v) is 5.09. The largest absolute Gasteiger partial charge is 0.456 e. The summed E-state index contributed by atoms with van der Waals surface area (Å²) in [4.78, 5) is 9.14. The van der Waals surface area contributed by atoms with Crippen LogP contribution in [-0.4, -0.2) is 29.1 Å². The van der Waals surface area contributed by atoms with Crippen LogP contribution in [0, 0.1) is 0 Å². The van der Waals surface area contributed by atoms with Crippen LogP contribution in [0.3, 0.4) is 0 Å². The molecule has 0 bridgehead atoms.